The lowest BCUT2D eigenvalue weighted by atomic mass is 9.84. The van der Waals surface area contributed by atoms with Crippen molar-refractivity contribution in [3.05, 3.63) is 0 Å². The molecule has 0 radical (unpaired) electrons. The fourth-order valence-electron chi connectivity index (χ4n) is 3.71. The van der Waals surface area contributed by atoms with Gasteiger partial charge in [0.1, 0.15) is 0 Å². The predicted octanol–water partition coefficient (Wildman–Crippen LogP) is 7.07. The van der Waals surface area contributed by atoms with E-state index in [0.717, 1.165) is 12.8 Å². The maximum Gasteiger partial charge on any atom is 0.235 e. The third-order valence-corrected chi connectivity index (χ3v) is 4.10. The van der Waals surface area contributed by atoms with Crippen molar-refractivity contribution in [2.24, 2.45) is 16.7 Å². The quantitative estimate of drug-likeness (QED) is 0.233. The molecule has 26 heavy (non-hydrogen) atoms. The van der Waals surface area contributed by atoms with Gasteiger partial charge in [-0.15, -0.1) is 0 Å². The first-order chi connectivity index (χ1) is 11.3. The Balaban J connectivity index is 5.12. The van der Waals surface area contributed by atoms with Gasteiger partial charge >= 0.3 is 0 Å². The van der Waals surface area contributed by atoms with Crippen molar-refractivity contribution in [3.8, 4) is 0 Å². The molecule has 0 saturated carbocycles. The molecule has 0 aromatic carbocycles. The maximum atomic E-state index is 5.93. The van der Waals surface area contributed by atoms with Crippen LogP contribution < -0.4 is 0 Å². The van der Waals surface area contributed by atoms with Crippen molar-refractivity contribution in [3.63, 3.8) is 0 Å². The molecule has 4 nitrogen and oxygen atoms in total. The van der Waals surface area contributed by atoms with Gasteiger partial charge in [-0.1, -0.05) is 62.3 Å². The zero-order chi connectivity index (χ0) is 21.0. The van der Waals surface area contributed by atoms with E-state index < -0.39 is 17.0 Å². The fraction of sp³-hybridized carbons (Fsp3) is 1.00. The largest absolute Gasteiger partial charge is 0.235 e. The second-order valence-corrected chi connectivity index (χ2v) is 11.6. The minimum absolute atomic E-state index is 0.0726. The zero-order valence-corrected chi connectivity index (χ0v) is 19.8. The van der Waals surface area contributed by atoms with Crippen molar-refractivity contribution < 1.29 is 19.6 Å². The van der Waals surface area contributed by atoms with Gasteiger partial charge in [0.2, 0.25) is 5.79 Å². The molecule has 0 saturated heterocycles. The van der Waals surface area contributed by atoms with Crippen LogP contribution in [0.25, 0.3) is 0 Å². The lowest BCUT2D eigenvalue weighted by Gasteiger charge is -2.40. The van der Waals surface area contributed by atoms with E-state index in [1.807, 2.05) is 34.6 Å². The third-order valence-electron chi connectivity index (χ3n) is 4.10. The molecule has 0 fully saturated rings. The average molecular weight is 375 g/mol. The summed E-state index contributed by atoms with van der Waals surface area (Å²) in [7, 11) is 0. The molecule has 0 amide bonds. The Morgan fingerprint density at radius 1 is 0.577 bits per heavy atom. The summed E-state index contributed by atoms with van der Waals surface area (Å²) in [6, 6.07) is 0. The van der Waals surface area contributed by atoms with E-state index >= 15 is 0 Å². The highest BCUT2D eigenvalue weighted by atomic mass is 17.3. The van der Waals surface area contributed by atoms with Crippen LogP contribution >= 0.6 is 0 Å². The van der Waals surface area contributed by atoms with Gasteiger partial charge in [0.05, 0.1) is 11.2 Å². The lowest BCUT2D eigenvalue weighted by molar-refractivity contribution is -0.554. The Kier molecular flexibility index (Phi) is 8.84. The summed E-state index contributed by atoms with van der Waals surface area (Å²) >= 11 is 0. The van der Waals surface area contributed by atoms with Crippen LogP contribution in [0.4, 0.5) is 0 Å². The molecule has 0 aliphatic carbocycles. The highest BCUT2D eigenvalue weighted by molar-refractivity contribution is 4.78. The van der Waals surface area contributed by atoms with Crippen LogP contribution in [-0.2, 0) is 19.6 Å². The lowest BCUT2D eigenvalue weighted by Crippen LogP contribution is -2.46. The summed E-state index contributed by atoms with van der Waals surface area (Å²) in [5.41, 5.74) is -0.549. The number of hydrogen-bond acceptors (Lipinski definition) is 4. The summed E-state index contributed by atoms with van der Waals surface area (Å²) in [6.45, 7) is 27.5. The molecule has 0 spiro atoms. The molecule has 0 bridgehead atoms. The predicted molar refractivity (Wildman–Crippen MR) is 109 cm³/mol. The van der Waals surface area contributed by atoms with Crippen LogP contribution in [0.5, 0.6) is 0 Å². The van der Waals surface area contributed by atoms with Gasteiger partial charge in [-0.3, -0.25) is 0 Å². The second kappa shape index (κ2) is 8.89. The molecule has 0 N–H and O–H groups in total. The van der Waals surface area contributed by atoms with Gasteiger partial charge < -0.3 is 0 Å². The molecule has 0 heterocycles. The van der Waals surface area contributed by atoms with E-state index in [9.17, 15) is 0 Å². The maximum absolute atomic E-state index is 5.93. The monoisotopic (exact) mass is 374 g/mol. The van der Waals surface area contributed by atoms with Gasteiger partial charge in [0, 0.05) is 12.3 Å². The Hall–Kier alpha value is -0.160. The van der Waals surface area contributed by atoms with E-state index in [4.69, 9.17) is 19.6 Å². The molecule has 4 heteroatoms. The first-order valence-corrected chi connectivity index (χ1v) is 10.1. The average Bonchev–Trinajstić information content (AvgIpc) is 2.33. The van der Waals surface area contributed by atoms with Crippen molar-refractivity contribution in [1.29, 1.82) is 0 Å². The molecule has 0 atom stereocenters. The standard InChI is InChI=1S/C22H46O4/c1-14-22(17(2)3,25-23-20(10,11)15-18(4,5)6)26-24-21(12,13)16-19(7,8)9/h17H,14-16H2,1-13H3. The summed E-state index contributed by atoms with van der Waals surface area (Å²) in [4.78, 5) is 23.6. The smallest absolute Gasteiger partial charge is 0.228 e. The first-order valence-electron chi connectivity index (χ1n) is 10.1. The van der Waals surface area contributed by atoms with E-state index in [1.54, 1.807) is 0 Å². The van der Waals surface area contributed by atoms with Crippen LogP contribution in [-0.4, -0.2) is 17.0 Å². The molecule has 0 aliphatic rings. The highest BCUT2D eigenvalue weighted by Gasteiger charge is 2.42. The Morgan fingerprint density at radius 3 is 1.08 bits per heavy atom. The molecule has 0 unspecified atom stereocenters. The van der Waals surface area contributed by atoms with Gasteiger partial charge in [0.15, 0.2) is 0 Å². The third kappa shape index (κ3) is 10.2. The Labute approximate surface area is 163 Å². The van der Waals surface area contributed by atoms with Crippen LogP contribution in [0.1, 0.15) is 109 Å². The van der Waals surface area contributed by atoms with Crippen LogP contribution in [0.3, 0.4) is 0 Å². The minimum atomic E-state index is -0.940. The van der Waals surface area contributed by atoms with Crippen molar-refractivity contribution in [2.45, 2.75) is 126 Å². The summed E-state index contributed by atoms with van der Waals surface area (Å²) in [6.07, 6.45) is 2.37. The number of rotatable bonds is 10. The van der Waals surface area contributed by atoms with Crippen LogP contribution in [0, 0.1) is 16.7 Å². The molecule has 0 aliphatic heterocycles. The normalized spacial score (nSPS) is 15.0. The molecular formula is C22H46O4. The summed E-state index contributed by atoms with van der Waals surface area (Å²) < 4.78 is 0. The molecule has 0 rings (SSSR count). The summed E-state index contributed by atoms with van der Waals surface area (Å²) in [5, 5.41) is 0. The fourth-order valence-corrected chi connectivity index (χ4v) is 3.71. The van der Waals surface area contributed by atoms with E-state index in [-0.39, 0.29) is 16.7 Å². The first kappa shape index (κ1) is 25.8. The molecule has 158 valence electrons. The van der Waals surface area contributed by atoms with E-state index in [2.05, 4.69) is 55.4 Å². The van der Waals surface area contributed by atoms with Crippen LogP contribution in [0.2, 0.25) is 0 Å². The van der Waals surface area contributed by atoms with E-state index in [0.29, 0.717) is 6.42 Å². The molecule has 0 aromatic rings. The highest BCUT2D eigenvalue weighted by Crippen LogP contribution is 2.37. The Bertz CT molecular complexity index is 379. The minimum Gasteiger partial charge on any atom is -0.228 e. The van der Waals surface area contributed by atoms with Gasteiger partial charge in [-0.2, -0.15) is 9.78 Å². The van der Waals surface area contributed by atoms with Crippen molar-refractivity contribution >= 4 is 0 Å². The number of hydrogen-bond donors (Lipinski definition) is 0. The van der Waals surface area contributed by atoms with Crippen molar-refractivity contribution in [1.82, 2.24) is 0 Å². The summed E-state index contributed by atoms with van der Waals surface area (Å²) in [5.74, 6) is -0.868. The topological polar surface area (TPSA) is 36.9 Å². The van der Waals surface area contributed by atoms with E-state index in [1.165, 1.54) is 0 Å². The second-order valence-electron chi connectivity index (χ2n) is 11.6. The van der Waals surface area contributed by atoms with Gasteiger partial charge in [0.25, 0.3) is 0 Å². The van der Waals surface area contributed by atoms with Gasteiger partial charge in [-0.25, -0.2) is 9.78 Å². The molecule has 0 aromatic heterocycles. The van der Waals surface area contributed by atoms with Crippen molar-refractivity contribution in [2.75, 3.05) is 0 Å². The SMILES string of the molecule is CCC(OOC(C)(C)CC(C)(C)C)(OOC(C)(C)CC(C)(C)C)C(C)C. The zero-order valence-electron chi connectivity index (χ0n) is 19.8. The van der Waals surface area contributed by atoms with Gasteiger partial charge in [-0.05, 0) is 51.4 Å². The molecular weight excluding hydrogens is 328 g/mol. The van der Waals surface area contributed by atoms with Crippen LogP contribution in [0.15, 0.2) is 0 Å². The Morgan fingerprint density at radius 2 is 0.885 bits per heavy atom.